The lowest BCUT2D eigenvalue weighted by atomic mass is 9.89. The Balaban J connectivity index is 1.45. The van der Waals surface area contributed by atoms with Crippen LogP contribution in [0.5, 0.6) is 0 Å². The molecule has 1 saturated carbocycles. The Labute approximate surface area is 224 Å². The van der Waals surface area contributed by atoms with Crippen LogP contribution in [0.4, 0.5) is 0 Å². The largest absolute Gasteiger partial charge is 0.480 e. The number of benzene rings is 1. The minimum Gasteiger partial charge on any atom is -0.480 e. The van der Waals surface area contributed by atoms with Crippen molar-refractivity contribution in [2.45, 2.75) is 121 Å². The maximum absolute atomic E-state index is 13.9. The molecule has 2 aliphatic heterocycles. The maximum atomic E-state index is 13.9. The van der Waals surface area contributed by atoms with Crippen LogP contribution >= 0.6 is 0 Å². The lowest BCUT2D eigenvalue weighted by molar-refractivity contribution is -0.139. The van der Waals surface area contributed by atoms with Gasteiger partial charge in [0.15, 0.2) is 5.69 Å². The van der Waals surface area contributed by atoms with Crippen molar-refractivity contribution in [2.24, 2.45) is 5.92 Å². The summed E-state index contributed by atoms with van der Waals surface area (Å²) in [6, 6.07) is 7.99. The number of nitrogens with zero attached hydrogens (tertiary/aromatic N) is 3. The van der Waals surface area contributed by atoms with Gasteiger partial charge in [-0.1, -0.05) is 58.1 Å². The number of amides is 1. The molecule has 1 aromatic heterocycles. The van der Waals surface area contributed by atoms with Crippen LogP contribution in [0.3, 0.4) is 0 Å². The zero-order valence-corrected chi connectivity index (χ0v) is 22.8. The average molecular weight is 523 g/mol. The number of hydrogen-bond donors (Lipinski definition) is 2. The van der Waals surface area contributed by atoms with Crippen LogP contribution in [0.1, 0.15) is 107 Å². The number of carboxylic acids is 1. The zero-order chi connectivity index (χ0) is 26.8. The number of carbonyl (C=O) groups is 2. The van der Waals surface area contributed by atoms with E-state index in [0.717, 1.165) is 31.2 Å². The summed E-state index contributed by atoms with van der Waals surface area (Å²) in [4.78, 5) is 46.1. The average Bonchev–Trinajstić information content (AvgIpc) is 3.11. The molecule has 1 amide bonds. The second-order valence-electron chi connectivity index (χ2n) is 12.1. The number of rotatable bonds is 7. The van der Waals surface area contributed by atoms with E-state index in [0.29, 0.717) is 23.6 Å². The molecule has 2 N–H and O–H groups in total. The monoisotopic (exact) mass is 522 g/mol. The van der Waals surface area contributed by atoms with Crippen LogP contribution in [0.15, 0.2) is 29.1 Å². The van der Waals surface area contributed by atoms with E-state index in [1.807, 2.05) is 38.1 Å². The van der Waals surface area contributed by atoms with Crippen LogP contribution < -0.4 is 10.9 Å². The second kappa shape index (κ2) is 11.6. The minimum atomic E-state index is -1.11. The number of fused-ring (bicyclic) bond motifs is 3. The van der Waals surface area contributed by atoms with Crippen LogP contribution in [-0.2, 0) is 4.79 Å². The van der Waals surface area contributed by atoms with Crippen LogP contribution in [0.2, 0.25) is 0 Å². The zero-order valence-electron chi connectivity index (χ0n) is 22.8. The van der Waals surface area contributed by atoms with Gasteiger partial charge in [0.05, 0.1) is 11.0 Å². The predicted molar refractivity (Wildman–Crippen MR) is 147 cm³/mol. The van der Waals surface area contributed by atoms with Crippen LogP contribution in [0, 0.1) is 5.92 Å². The first-order valence-electron chi connectivity index (χ1n) is 14.7. The van der Waals surface area contributed by atoms with Gasteiger partial charge >= 0.3 is 5.97 Å². The van der Waals surface area contributed by atoms with Crippen molar-refractivity contribution in [1.29, 1.82) is 0 Å². The molecular weight excluding hydrogens is 480 g/mol. The van der Waals surface area contributed by atoms with Gasteiger partial charge in [-0.3, -0.25) is 14.5 Å². The van der Waals surface area contributed by atoms with E-state index >= 15 is 0 Å². The Morgan fingerprint density at radius 1 is 0.947 bits per heavy atom. The SMILES string of the molecule is CC(C)CC(NC(=O)c1nc2ccccc2n(C2CC3CCC(C2)N3C2CCCCCCC2)c1=O)C(=O)O. The fourth-order valence-corrected chi connectivity index (χ4v) is 7.31. The maximum Gasteiger partial charge on any atom is 0.326 e. The fourth-order valence-electron chi connectivity index (χ4n) is 7.31. The first kappa shape index (κ1) is 26.9. The van der Waals surface area contributed by atoms with Crippen molar-refractivity contribution in [3.05, 3.63) is 40.3 Å². The van der Waals surface area contributed by atoms with E-state index < -0.39 is 23.5 Å². The van der Waals surface area contributed by atoms with Crippen molar-refractivity contribution >= 4 is 22.9 Å². The summed E-state index contributed by atoms with van der Waals surface area (Å²) in [6.07, 6.45) is 13.6. The number of aromatic nitrogens is 2. The summed E-state index contributed by atoms with van der Waals surface area (Å²) in [5.41, 5.74) is 0.699. The van der Waals surface area contributed by atoms with Crippen molar-refractivity contribution in [3.63, 3.8) is 0 Å². The second-order valence-corrected chi connectivity index (χ2v) is 12.1. The third kappa shape index (κ3) is 5.51. The van der Waals surface area contributed by atoms with E-state index in [1.54, 1.807) is 4.57 Å². The molecule has 3 fully saturated rings. The molecule has 3 heterocycles. The molecule has 1 aliphatic carbocycles. The summed E-state index contributed by atoms with van der Waals surface area (Å²) in [5, 5.41) is 12.2. The molecule has 2 bridgehead atoms. The Bertz CT molecular complexity index is 1200. The number of nitrogens with one attached hydrogen (secondary N) is 1. The van der Waals surface area contributed by atoms with Crippen molar-refractivity contribution < 1.29 is 14.7 Å². The highest BCUT2D eigenvalue weighted by atomic mass is 16.4. The summed E-state index contributed by atoms with van der Waals surface area (Å²) < 4.78 is 1.80. The molecule has 8 heteroatoms. The van der Waals surface area contributed by atoms with Crippen molar-refractivity contribution in [3.8, 4) is 0 Å². The number of carbonyl (C=O) groups excluding carboxylic acids is 1. The third-order valence-corrected chi connectivity index (χ3v) is 8.95. The van der Waals surface area contributed by atoms with Crippen molar-refractivity contribution in [1.82, 2.24) is 19.8 Å². The number of hydrogen-bond acceptors (Lipinski definition) is 5. The lowest BCUT2D eigenvalue weighted by Gasteiger charge is -2.45. The number of piperidine rings is 1. The van der Waals surface area contributed by atoms with E-state index in [1.165, 1.54) is 44.9 Å². The summed E-state index contributed by atoms with van der Waals surface area (Å²) in [6.45, 7) is 3.81. The molecular formula is C30H42N4O4. The van der Waals surface area contributed by atoms with Gasteiger partial charge in [-0.05, 0) is 63.0 Å². The molecule has 0 spiro atoms. The smallest absolute Gasteiger partial charge is 0.326 e. The third-order valence-electron chi connectivity index (χ3n) is 8.95. The number of carboxylic acid groups (broad SMARTS) is 1. The molecule has 2 saturated heterocycles. The molecule has 1 aromatic carbocycles. The van der Waals surface area contributed by atoms with E-state index in [9.17, 15) is 19.5 Å². The van der Waals surface area contributed by atoms with Gasteiger partial charge in [0.1, 0.15) is 6.04 Å². The first-order chi connectivity index (χ1) is 18.3. The summed E-state index contributed by atoms with van der Waals surface area (Å²) >= 11 is 0. The Hall–Kier alpha value is -2.74. The van der Waals surface area contributed by atoms with Gasteiger partial charge < -0.3 is 15.0 Å². The first-order valence-corrected chi connectivity index (χ1v) is 14.7. The number of para-hydroxylation sites is 2. The topological polar surface area (TPSA) is 105 Å². The molecule has 0 radical (unpaired) electrons. The highest BCUT2D eigenvalue weighted by molar-refractivity contribution is 5.96. The molecule has 206 valence electrons. The van der Waals surface area contributed by atoms with Gasteiger partial charge in [0, 0.05) is 24.2 Å². The minimum absolute atomic E-state index is 0.00445. The molecule has 38 heavy (non-hydrogen) atoms. The normalized spacial score (nSPS) is 25.7. The highest BCUT2D eigenvalue weighted by Gasteiger charge is 2.44. The van der Waals surface area contributed by atoms with E-state index in [4.69, 9.17) is 0 Å². The van der Waals surface area contributed by atoms with Gasteiger partial charge in [-0.15, -0.1) is 0 Å². The molecule has 3 atom stereocenters. The van der Waals surface area contributed by atoms with Gasteiger partial charge in [0.25, 0.3) is 11.5 Å². The van der Waals surface area contributed by atoms with Crippen LogP contribution in [-0.4, -0.2) is 55.6 Å². The summed E-state index contributed by atoms with van der Waals surface area (Å²) in [5.74, 6) is -1.74. The molecule has 3 aliphatic rings. The lowest BCUT2D eigenvalue weighted by Crippen LogP contribution is -2.50. The molecule has 8 nitrogen and oxygen atoms in total. The molecule has 2 aromatic rings. The van der Waals surface area contributed by atoms with Gasteiger partial charge in [-0.25, -0.2) is 9.78 Å². The predicted octanol–water partition coefficient (Wildman–Crippen LogP) is 4.91. The fraction of sp³-hybridized carbons (Fsp3) is 0.667. The highest BCUT2D eigenvalue weighted by Crippen LogP contribution is 2.44. The van der Waals surface area contributed by atoms with Gasteiger partial charge in [0.2, 0.25) is 0 Å². The summed E-state index contributed by atoms with van der Waals surface area (Å²) in [7, 11) is 0. The van der Waals surface area contributed by atoms with E-state index in [2.05, 4.69) is 15.2 Å². The standard InChI is InChI=1S/C30H42N4O4/c1-19(2)16-25(30(37)38)32-28(35)27-29(36)34(26-13-9-8-12-24(26)31-27)23-17-21-14-15-22(18-23)33(21)20-10-6-4-3-5-7-11-20/h8-9,12-13,19-23,25H,3-7,10-11,14-18H2,1-2H3,(H,32,35)(H,37,38). The van der Waals surface area contributed by atoms with Crippen LogP contribution in [0.25, 0.3) is 11.0 Å². The Kier molecular flexibility index (Phi) is 8.17. The van der Waals surface area contributed by atoms with Gasteiger partial charge in [-0.2, -0.15) is 0 Å². The quantitative estimate of drug-likeness (QED) is 0.536. The molecule has 5 rings (SSSR count). The van der Waals surface area contributed by atoms with E-state index in [-0.39, 0.29) is 24.1 Å². The Morgan fingerprint density at radius 3 is 2.21 bits per heavy atom. The Morgan fingerprint density at radius 2 is 1.58 bits per heavy atom. The number of aliphatic carboxylic acids is 1. The van der Waals surface area contributed by atoms with Crippen molar-refractivity contribution in [2.75, 3.05) is 0 Å². The molecule has 3 unspecified atom stereocenters.